The SMILES string of the molecule is CN1CCC(Oc2ncc(Br)cc2CNC(C)(C)C)CC1. The van der Waals surface area contributed by atoms with Crippen molar-refractivity contribution < 1.29 is 4.74 Å². The molecule has 1 N–H and O–H groups in total. The molecule has 1 aromatic rings. The lowest BCUT2D eigenvalue weighted by atomic mass is 10.1. The number of nitrogens with zero attached hydrogens (tertiary/aromatic N) is 2. The first-order valence-corrected chi connectivity index (χ1v) is 8.37. The summed E-state index contributed by atoms with van der Waals surface area (Å²) in [6.45, 7) is 9.44. The first kappa shape index (κ1) is 16.7. The van der Waals surface area contributed by atoms with Crippen LogP contribution in [0.2, 0.25) is 0 Å². The Morgan fingerprint density at radius 1 is 1.38 bits per heavy atom. The predicted molar refractivity (Wildman–Crippen MR) is 89.7 cm³/mol. The summed E-state index contributed by atoms with van der Waals surface area (Å²) in [5.74, 6) is 0.768. The third-order valence-electron chi connectivity index (χ3n) is 3.65. The van der Waals surface area contributed by atoms with Gasteiger partial charge >= 0.3 is 0 Å². The first-order valence-electron chi connectivity index (χ1n) is 7.58. The summed E-state index contributed by atoms with van der Waals surface area (Å²) < 4.78 is 7.15. The summed E-state index contributed by atoms with van der Waals surface area (Å²) in [7, 11) is 2.16. The van der Waals surface area contributed by atoms with Gasteiger partial charge in [-0.1, -0.05) is 0 Å². The Balaban J connectivity index is 2.04. The molecule has 1 aliphatic heterocycles. The molecule has 21 heavy (non-hydrogen) atoms. The molecule has 0 unspecified atom stereocenters. The highest BCUT2D eigenvalue weighted by Crippen LogP contribution is 2.24. The average Bonchev–Trinajstić information content (AvgIpc) is 2.40. The Morgan fingerprint density at radius 2 is 2.05 bits per heavy atom. The molecule has 1 aliphatic rings. The summed E-state index contributed by atoms with van der Waals surface area (Å²) in [5, 5.41) is 3.50. The fourth-order valence-electron chi connectivity index (χ4n) is 2.32. The molecule has 5 heteroatoms. The molecule has 1 fully saturated rings. The van der Waals surface area contributed by atoms with E-state index in [4.69, 9.17) is 4.74 Å². The number of hydrogen-bond acceptors (Lipinski definition) is 4. The maximum Gasteiger partial charge on any atom is 0.218 e. The highest BCUT2D eigenvalue weighted by Gasteiger charge is 2.20. The maximum atomic E-state index is 6.16. The molecule has 118 valence electrons. The number of nitrogens with one attached hydrogen (secondary N) is 1. The van der Waals surface area contributed by atoms with Crippen molar-refractivity contribution in [2.75, 3.05) is 20.1 Å². The van der Waals surface area contributed by atoms with Crippen LogP contribution in [0.4, 0.5) is 0 Å². The second kappa shape index (κ2) is 7.07. The largest absolute Gasteiger partial charge is 0.474 e. The Morgan fingerprint density at radius 3 is 2.67 bits per heavy atom. The van der Waals surface area contributed by atoms with Crippen LogP contribution in [0.15, 0.2) is 16.7 Å². The Bertz CT molecular complexity index is 465. The van der Waals surface area contributed by atoms with Gasteiger partial charge in [-0.05, 0) is 62.7 Å². The third-order valence-corrected chi connectivity index (χ3v) is 4.08. The standard InChI is InChI=1S/C16H26BrN3O/c1-16(2,3)19-10-12-9-13(17)11-18-15(12)21-14-5-7-20(4)8-6-14/h9,11,14,19H,5-8,10H2,1-4H3. The number of piperidine rings is 1. The van der Waals surface area contributed by atoms with E-state index in [1.54, 1.807) is 0 Å². The topological polar surface area (TPSA) is 37.4 Å². The zero-order valence-corrected chi connectivity index (χ0v) is 15.0. The molecule has 0 aliphatic carbocycles. The highest BCUT2D eigenvalue weighted by molar-refractivity contribution is 9.10. The summed E-state index contributed by atoms with van der Waals surface area (Å²) >= 11 is 3.50. The lowest BCUT2D eigenvalue weighted by Gasteiger charge is -2.29. The van der Waals surface area contributed by atoms with Crippen molar-refractivity contribution in [3.8, 4) is 5.88 Å². The Hall–Kier alpha value is -0.650. The van der Waals surface area contributed by atoms with Crippen LogP contribution in [0.1, 0.15) is 39.2 Å². The van der Waals surface area contributed by atoms with Gasteiger partial charge in [0.2, 0.25) is 5.88 Å². The van der Waals surface area contributed by atoms with Crippen LogP contribution in [0, 0.1) is 0 Å². The molecule has 1 aromatic heterocycles. The molecular weight excluding hydrogens is 330 g/mol. The van der Waals surface area contributed by atoms with E-state index in [2.05, 4.69) is 65.0 Å². The van der Waals surface area contributed by atoms with Gasteiger partial charge in [-0.2, -0.15) is 0 Å². The van der Waals surface area contributed by atoms with E-state index in [1.807, 2.05) is 6.20 Å². The van der Waals surface area contributed by atoms with E-state index < -0.39 is 0 Å². The van der Waals surface area contributed by atoms with Crippen LogP contribution in [0.5, 0.6) is 5.88 Å². The normalized spacial score (nSPS) is 18.0. The number of halogens is 1. The van der Waals surface area contributed by atoms with Gasteiger partial charge in [0.25, 0.3) is 0 Å². The molecular formula is C16H26BrN3O. The van der Waals surface area contributed by atoms with E-state index in [9.17, 15) is 0 Å². The van der Waals surface area contributed by atoms with Crippen molar-refractivity contribution in [1.82, 2.24) is 15.2 Å². The molecule has 0 saturated carbocycles. The molecule has 4 nitrogen and oxygen atoms in total. The molecule has 0 spiro atoms. The Kier molecular flexibility index (Phi) is 5.63. The van der Waals surface area contributed by atoms with Crippen molar-refractivity contribution in [1.29, 1.82) is 0 Å². The lowest BCUT2D eigenvalue weighted by molar-refractivity contribution is 0.108. The zero-order chi connectivity index (χ0) is 15.5. The number of rotatable bonds is 4. The summed E-state index contributed by atoms with van der Waals surface area (Å²) in [6, 6.07) is 2.09. The molecule has 0 bridgehead atoms. The number of pyridine rings is 1. The first-order chi connectivity index (χ1) is 9.83. The molecule has 0 amide bonds. The lowest BCUT2D eigenvalue weighted by Crippen LogP contribution is -2.37. The van der Waals surface area contributed by atoms with Crippen molar-refractivity contribution in [2.45, 2.75) is 51.8 Å². The van der Waals surface area contributed by atoms with Gasteiger partial charge in [0.1, 0.15) is 6.10 Å². The smallest absolute Gasteiger partial charge is 0.218 e. The van der Waals surface area contributed by atoms with Gasteiger partial charge in [0, 0.05) is 41.4 Å². The van der Waals surface area contributed by atoms with Gasteiger partial charge < -0.3 is 15.0 Å². The average molecular weight is 356 g/mol. The molecule has 0 atom stereocenters. The van der Waals surface area contributed by atoms with Crippen LogP contribution in [0.3, 0.4) is 0 Å². The minimum Gasteiger partial charge on any atom is -0.474 e. The maximum absolute atomic E-state index is 6.16. The summed E-state index contributed by atoms with van der Waals surface area (Å²) in [6.07, 6.45) is 4.23. The third kappa shape index (κ3) is 5.57. The minimum atomic E-state index is 0.0765. The number of ether oxygens (including phenoxy) is 1. The number of aromatic nitrogens is 1. The fourth-order valence-corrected chi connectivity index (χ4v) is 2.70. The van der Waals surface area contributed by atoms with Gasteiger partial charge in [-0.3, -0.25) is 0 Å². The van der Waals surface area contributed by atoms with Gasteiger partial charge in [0.15, 0.2) is 0 Å². The second-order valence-electron chi connectivity index (χ2n) is 6.84. The van der Waals surface area contributed by atoms with Crippen molar-refractivity contribution >= 4 is 15.9 Å². The van der Waals surface area contributed by atoms with Crippen LogP contribution >= 0.6 is 15.9 Å². The monoisotopic (exact) mass is 355 g/mol. The van der Waals surface area contributed by atoms with E-state index in [0.29, 0.717) is 0 Å². The van der Waals surface area contributed by atoms with Crippen LogP contribution in [-0.2, 0) is 6.54 Å². The quantitative estimate of drug-likeness (QED) is 0.899. The van der Waals surface area contributed by atoms with Crippen molar-refractivity contribution in [2.24, 2.45) is 0 Å². The van der Waals surface area contributed by atoms with E-state index in [-0.39, 0.29) is 11.6 Å². The van der Waals surface area contributed by atoms with Crippen molar-refractivity contribution in [3.05, 3.63) is 22.3 Å². The van der Waals surface area contributed by atoms with Gasteiger partial charge in [-0.15, -0.1) is 0 Å². The summed E-state index contributed by atoms with van der Waals surface area (Å²) in [4.78, 5) is 6.81. The highest BCUT2D eigenvalue weighted by atomic mass is 79.9. The predicted octanol–water partition coefficient (Wildman–Crippen LogP) is 3.21. The van der Waals surface area contributed by atoms with E-state index >= 15 is 0 Å². The van der Waals surface area contributed by atoms with Crippen molar-refractivity contribution in [3.63, 3.8) is 0 Å². The Labute approximate surface area is 136 Å². The van der Waals surface area contributed by atoms with Crippen LogP contribution < -0.4 is 10.1 Å². The molecule has 2 heterocycles. The molecule has 0 radical (unpaired) electrons. The zero-order valence-electron chi connectivity index (χ0n) is 13.4. The molecule has 0 aromatic carbocycles. The second-order valence-corrected chi connectivity index (χ2v) is 7.76. The fraction of sp³-hybridized carbons (Fsp3) is 0.688. The van der Waals surface area contributed by atoms with Crippen LogP contribution in [-0.4, -0.2) is 41.7 Å². The minimum absolute atomic E-state index is 0.0765. The van der Waals surface area contributed by atoms with E-state index in [0.717, 1.165) is 48.4 Å². The summed E-state index contributed by atoms with van der Waals surface area (Å²) in [5.41, 5.74) is 1.19. The molecule has 1 saturated heterocycles. The number of likely N-dealkylation sites (tertiary alicyclic amines) is 1. The van der Waals surface area contributed by atoms with Gasteiger partial charge in [-0.25, -0.2) is 4.98 Å². The van der Waals surface area contributed by atoms with Crippen LogP contribution in [0.25, 0.3) is 0 Å². The van der Waals surface area contributed by atoms with Gasteiger partial charge in [0.05, 0.1) is 0 Å². The number of hydrogen-bond donors (Lipinski definition) is 1. The van der Waals surface area contributed by atoms with E-state index in [1.165, 1.54) is 0 Å². The molecule has 2 rings (SSSR count).